The van der Waals surface area contributed by atoms with E-state index in [9.17, 15) is 19.1 Å². The van der Waals surface area contributed by atoms with E-state index in [-0.39, 0.29) is 23.3 Å². The molecular weight excluding hydrogens is 407 g/mol. The largest absolute Gasteiger partial charge is 0.465 e. The van der Waals surface area contributed by atoms with Crippen molar-refractivity contribution in [3.8, 4) is 11.1 Å². The van der Waals surface area contributed by atoms with Gasteiger partial charge < -0.3 is 15.0 Å². The highest BCUT2D eigenvalue weighted by Crippen LogP contribution is 2.28. The van der Waals surface area contributed by atoms with Gasteiger partial charge in [-0.3, -0.25) is 4.79 Å². The molecule has 0 saturated heterocycles. The molecule has 0 aliphatic rings. The lowest BCUT2D eigenvalue weighted by Gasteiger charge is -2.29. The Morgan fingerprint density at radius 3 is 2.38 bits per heavy atom. The van der Waals surface area contributed by atoms with E-state index >= 15 is 0 Å². The standard InChI is InChI=1S/C26H27FN2O3/c1-3-5-20(21-11-13-23(27)14-12-21)15-17-29(26(31)32)18(2)19-7-9-22(10-8-19)24-6-4-16-28-25(24)30/h3-4,6-14,16,18,20H,1,5,15,17H2,2H3,(H,28,30)(H,31,32)/t18-,20-/m0/s1. The summed E-state index contributed by atoms with van der Waals surface area (Å²) >= 11 is 0. The summed E-state index contributed by atoms with van der Waals surface area (Å²) in [6.07, 6.45) is 3.64. The van der Waals surface area contributed by atoms with Crippen LogP contribution in [0.4, 0.5) is 9.18 Å². The predicted molar refractivity (Wildman–Crippen MR) is 124 cm³/mol. The Morgan fingerprint density at radius 1 is 1.12 bits per heavy atom. The zero-order valence-electron chi connectivity index (χ0n) is 18.0. The van der Waals surface area contributed by atoms with Crippen molar-refractivity contribution in [1.29, 1.82) is 0 Å². The predicted octanol–water partition coefficient (Wildman–Crippen LogP) is 5.97. The first-order valence-electron chi connectivity index (χ1n) is 10.5. The SMILES string of the molecule is C=CC[C@@H](CCN(C(=O)O)[C@@H](C)c1ccc(-c2ccc[nH]c2=O)cc1)c1ccc(F)cc1. The van der Waals surface area contributed by atoms with Crippen LogP contribution in [-0.2, 0) is 0 Å². The number of pyridine rings is 1. The normalized spacial score (nSPS) is 12.7. The van der Waals surface area contributed by atoms with Gasteiger partial charge in [0.15, 0.2) is 0 Å². The molecule has 0 fully saturated rings. The van der Waals surface area contributed by atoms with Crippen molar-refractivity contribution >= 4 is 6.09 Å². The van der Waals surface area contributed by atoms with Gasteiger partial charge in [-0.1, -0.05) is 42.5 Å². The van der Waals surface area contributed by atoms with Crippen molar-refractivity contribution in [2.24, 2.45) is 0 Å². The highest BCUT2D eigenvalue weighted by atomic mass is 19.1. The number of aromatic nitrogens is 1. The van der Waals surface area contributed by atoms with Crippen molar-refractivity contribution in [3.63, 3.8) is 0 Å². The van der Waals surface area contributed by atoms with Crippen LogP contribution in [0.1, 0.15) is 42.9 Å². The van der Waals surface area contributed by atoms with Gasteiger partial charge in [0.05, 0.1) is 6.04 Å². The van der Waals surface area contributed by atoms with Gasteiger partial charge >= 0.3 is 6.09 Å². The molecule has 0 unspecified atom stereocenters. The van der Waals surface area contributed by atoms with E-state index < -0.39 is 6.09 Å². The van der Waals surface area contributed by atoms with Gasteiger partial charge in [0.2, 0.25) is 0 Å². The monoisotopic (exact) mass is 434 g/mol. The smallest absolute Gasteiger partial charge is 0.407 e. The number of benzene rings is 2. The molecular formula is C26H27FN2O3. The minimum absolute atomic E-state index is 0.0503. The third-order valence-corrected chi connectivity index (χ3v) is 5.75. The van der Waals surface area contributed by atoms with Gasteiger partial charge in [-0.2, -0.15) is 0 Å². The van der Waals surface area contributed by atoms with Crippen molar-refractivity contribution in [2.45, 2.75) is 31.7 Å². The Hall–Kier alpha value is -3.67. The molecule has 166 valence electrons. The lowest BCUT2D eigenvalue weighted by atomic mass is 9.92. The zero-order valence-corrected chi connectivity index (χ0v) is 18.0. The first-order chi connectivity index (χ1) is 15.4. The molecule has 3 aromatic rings. The summed E-state index contributed by atoms with van der Waals surface area (Å²) in [5, 5.41) is 9.83. The second-order valence-corrected chi connectivity index (χ2v) is 7.75. The highest BCUT2D eigenvalue weighted by Gasteiger charge is 2.22. The molecule has 6 heteroatoms. The number of rotatable bonds is 9. The van der Waals surface area contributed by atoms with E-state index in [0.717, 1.165) is 16.7 Å². The number of carboxylic acid groups (broad SMARTS) is 1. The van der Waals surface area contributed by atoms with Gasteiger partial charge in [0.25, 0.3) is 5.56 Å². The molecule has 1 aromatic heterocycles. The fraction of sp³-hybridized carbons (Fsp3) is 0.231. The van der Waals surface area contributed by atoms with Crippen LogP contribution in [0.15, 0.2) is 84.3 Å². The van der Waals surface area contributed by atoms with Crippen molar-refractivity contribution in [1.82, 2.24) is 9.88 Å². The van der Waals surface area contributed by atoms with Gasteiger partial charge in [0, 0.05) is 18.3 Å². The molecule has 32 heavy (non-hydrogen) atoms. The number of carbonyl (C=O) groups is 1. The number of nitrogens with one attached hydrogen (secondary N) is 1. The molecule has 0 aliphatic heterocycles. The number of amides is 1. The summed E-state index contributed by atoms with van der Waals surface area (Å²) in [5.41, 5.74) is 2.96. The Balaban J connectivity index is 1.75. The number of hydrogen-bond donors (Lipinski definition) is 2. The second kappa shape index (κ2) is 10.6. The third-order valence-electron chi connectivity index (χ3n) is 5.75. The van der Waals surface area contributed by atoms with Crippen molar-refractivity contribution in [3.05, 3.63) is 107 Å². The topological polar surface area (TPSA) is 73.4 Å². The number of allylic oxidation sites excluding steroid dienone is 1. The zero-order chi connectivity index (χ0) is 23.1. The molecule has 1 heterocycles. The number of aromatic amines is 1. The second-order valence-electron chi connectivity index (χ2n) is 7.75. The van der Waals surface area contributed by atoms with Gasteiger partial charge in [-0.25, -0.2) is 9.18 Å². The maximum atomic E-state index is 13.3. The first-order valence-corrected chi connectivity index (χ1v) is 10.5. The van der Waals surface area contributed by atoms with Crippen LogP contribution in [0.3, 0.4) is 0 Å². The molecule has 3 rings (SSSR count). The van der Waals surface area contributed by atoms with E-state index in [1.165, 1.54) is 17.0 Å². The summed E-state index contributed by atoms with van der Waals surface area (Å²) in [5.74, 6) is -0.248. The first kappa shape index (κ1) is 23.0. The van der Waals surface area contributed by atoms with Crippen LogP contribution in [0, 0.1) is 5.82 Å². The van der Waals surface area contributed by atoms with Crippen LogP contribution in [0.5, 0.6) is 0 Å². The lowest BCUT2D eigenvalue weighted by Crippen LogP contribution is -2.33. The Bertz CT molecular complexity index is 1110. The molecule has 0 spiro atoms. The van der Waals surface area contributed by atoms with Gasteiger partial charge in [-0.15, -0.1) is 6.58 Å². The minimum Gasteiger partial charge on any atom is -0.465 e. The maximum absolute atomic E-state index is 13.3. The third kappa shape index (κ3) is 5.52. The quantitative estimate of drug-likeness (QED) is 0.407. The number of halogens is 1. The Labute approximate surface area is 186 Å². The van der Waals surface area contributed by atoms with Crippen molar-refractivity contribution < 1.29 is 14.3 Å². The van der Waals surface area contributed by atoms with Crippen LogP contribution >= 0.6 is 0 Å². The maximum Gasteiger partial charge on any atom is 0.407 e. The van der Waals surface area contributed by atoms with E-state index in [0.29, 0.717) is 24.9 Å². The summed E-state index contributed by atoms with van der Waals surface area (Å²) in [4.78, 5) is 28.1. The summed E-state index contributed by atoms with van der Waals surface area (Å²) < 4.78 is 13.3. The average Bonchev–Trinajstić information content (AvgIpc) is 2.79. The lowest BCUT2D eigenvalue weighted by molar-refractivity contribution is 0.126. The van der Waals surface area contributed by atoms with Crippen LogP contribution in [-0.4, -0.2) is 27.6 Å². The average molecular weight is 435 g/mol. The summed E-state index contributed by atoms with van der Waals surface area (Å²) in [6, 6.07) is 16.8. The van der Waals surface area contributed by atoms with Crippen LogP contribution in [0.2, 0.25) is 0 Å². The Morgan fingerprint density at radius 2 is 1.78 bits per heavy atom. The van der Waals surface area contributed by atoms with Gasteiger partial charge in [-0.05, 0) is 66.6 Å². The summed E-state index contributed by atoms with van der Waals surface area (Å²) in [6.45, 7) is 5.97. The van der Waals surface area contributed by atoms with E-state index in [1.807, 2.05) is 31.2 Å². The van der Waals surface area contributed by atoms with Crippen LogP contribution < -0.4 is 5.56 Å². The van der Waals surface area contributed by atoms with Crippen LogP contribution in [0.25, 0.3) is 11.1 Å². The number of H-pyrrole nitrogens is 1. The molecule has 2 aromatic carbocycles. The molecule has 0 bridgehead atoms. The molecule has 0 radical (unpaired) electrons. The Kier molecular flexibility index (Phi) is 7.60. The molecule has 2 N–H and O–H groups in total. The van der Waals surface area contributed by atoms with E-state index in [2.05, 4.69) is 11.6 Å². The summed E-state index contributed by atoms with van der Waals surface area (Å²) in [7, 11) is 0. The molecule has 0 saturated carbocycles. The van der Waals surface area contributed by atoms with E-state index in [4.69, 9.17) is 0 Å². The van der Waals surface area contributed by atoms with Gasteiger partial charge in [0.1, 0.15) is 5.82 Å². The number of nitrogens with zero attached hydrogens (tertiary/aromatic N) is 1. The highest BCUT2D eigenvalue weighted by molar-refractivity contribution is 5.66. The van der Waals surface area contributed by atoms with E-state index in [1.54, 1.807) is 36.5 Å². The fourth-order valence-corrected chi connectivity index (χ4v) is 3.88. The number of hydrogen-bond acceptors (Lipinski definition) is 2. The molecule has 0 aliphatic carbocycles. The molecule has 1 amide bonds. The minimum atomic E-state index is -1.00. The van der Waals surface area contributed by atoms with Crippen molar-refractivity contribution in [2.75, 3.05) is 6.54 Å². The molecule has 5 nitrogen and oxygen atoms in total. The fourth-order valence-electron chi connectivity index (χ4n) is 3.88. The molecule has 2 atom stereocenters.